The van der Waals surface area contributed by atoms with E-state index in [1.807, 2.05) is 11.0 Å². The van der Waals surface area contributed by atoms with Gasteiger partial charge in [-0.05, 0) is 24.8 Å². The molecule has 0 spiro atoms. The maximum absolute atomic E-state index is 13.1. The smallest absolute Gasteiger partial charge is 0.258 e. The second kappa shape index (κ2) is 7.59. The van der Waals surface area contributed by atoms with E-state index >= 15 is 0 Å². The summed E-state index contributed by atoms with van der Waals surface area (Å²) in [7, 11) is 1.52. The minimum atomic E-state index is -1.05. The number of ether oxygens (including phenoxy) is 1. The van der Waals surface area contributed by atoms with Crippen molar-refractivity contribution in [1.29, 1.82) is 5.26 Å². The van der Waals surface area contributed by atoms with E-state index in [2.05, 4.69) is 22.2 Å². The molecule has 1 aromatic heterocycles. The molecule has 2 aliphatic heterocycles. The van der Waals surface area contributed by atoms with E-state index in [1.54, 1.807) is 24.3 Å². The number of methoxy groups -OCH3 is 1. The molecule has 1 amide bonds. The van der Waals surface area contributed by atoms with Crippen LogP contribution in [0.3, 0.4) is 0 Å². The minimum absolute atomic E-state index is 0.217. The van der Waals surface area contributed by atoms with E-state index < -0.39 is 17.7 Å². The highest BCUT2D eigenvalue weighted by atomic mass is 16.5. The molecule has 1 fully saturated rings. The maximum Gasteiger partial charge on any atom is 0.258 e. The summed E-state index contributed by atoms with van der Waals surface area (Å²) >= 11 is 0. The van der Waals surface area contributed by atoms with E-state index in [-0.39, 0.29) is 16.9 Å². The Bertz CT molecular complexity index is 1040. The number of aromatic nitrogens is 2. The fraction of sp³-hybridized carbons (Fsp3) is 0.429. The third kappa shape index (κ3) is 3.33. The Hall–Kier alpha value is -3.34. The SMILES string of the molecule is COc1ccccc1[C@@H]1c2c(nc(N3CCC[C@H](C)C3)[nH]c2=O)NC(=O)[C@H]1C#N. The van der Waals surface area contributed by atoms with Gasteiger partial charge >= 0.3 is 0 Å². The third-order valence-electron chi connectivity index (χ3n) is 5.68. The Morgan fingerprint density at radius 2 is 2.10 bits per heavy atom. The molecule has 29 heavy (non-hydrogen) atoms. The third-order valence-corrected chi connectivity index (χ3v) is 5.68. The monoisotopic (exact) mass is 393 g/mol. The van der Waals surface area contributed by atoms with Gasteiger partial charge in [-0.1, -0.05) is 25.1 Å². The number of nitrogens with zero attached hydrogens (tertiary/aromatic N) is 3. The van der Waals surface area contributed by atoms with E-state index in [0.29, 0.717) is 23.2 Å². The number of nitriles is 1. The maximum atomic E-state index is 13.1. The van der Waals surface area contributed by atoms with Gasteiger partial charge in [0, 0.05) is 24.6 Å². The lowest BCUT2D eigenvalue weighted by Gasteiger charge is -2.33. The zero-order chi connectivity index (χ0) is 20.5. The van der Waals surface area contributed by atoms with Gasteiger partial charge in [-0.3, -0.25) is 14.6 Å². The molecule has 2 aliphatic rings. The number of piperidine rings is 1. The molecule has 8 nitrogen and oxygen atoms in total. The van der Waals surface area contributed by atoms with Crippen molar-refractivity contribution in [1.82, 2.24) is 9.97 Å². The van der Waals surface area contributed by atoms with E-state index in [4.69, 9.17) is 4.74 Å². The first-order valence-corrected chi connectivity index (χ1v) is 9.76. The second-order valence-electron chi connectivity index (χ2n) is 7.66. The normalized spacial score (nSPS) is 23.7. The van der Waals surface area contributed by atoms with Crippen LogP contribution < -0.4 is 20.5 Å². The molecule has 0 bridgehead atoms. The van der Waals surface area contributed by atoms with Crippen LogP contribution in [0.4, 0.5) is 11.8 Å². The van der Waals surface area contributed by atoms with Crippen molar-refractivity contribution in [3.05, 3.63) is 45.7 Å². The first-order chi connectivity index (χ1) is 14.0. The quantitative estimate of drug-likeness (QED) is 0.827. The van der Waals surface area contributed by atoms with E-state index in [1.165, 1.54) is 7.11 Å². The highest BCUT2D eigenvalue weighted by Gasteiger charge is 2.41. The van der Waals surface area contributed by atoms with E-state index in [0.717, 1.165) is 25.9 Å². The molecule has 2 N–H and O–H groups in total. The lowest BCUT2D eigenvalue weighted by atomic mass is 9.79. The summed E-state index contributed by atoms with van der Waals surface area (Å²) in [6.07, 6.45) is 2.16. The summed E-state index contributed by atoms with van der Waals surface area (Å²) < 4.78 is 5.43. The number of hydrogen-bond acceptors (Lipinski definition) is 6. The number of H-pyrrole nitrogens is 1. The van der Waals surface area contributed by atoms with Gasteiger partial charge in [0.25, 0.3) is 5.56 Å². The van der Waals surface area contributed by atoms with Crippen molar-refractivity contribution in [2.24, 2.45) is 11.8 Å². The van der Waals surface area contributed by atoms with Crippen molar-refractivity contribution in [2.75, 3.05) is 30.4 Å². The Balaban J connectivity index is 1.86. The highest BCUT2D eigenvalue weighted by molar-refractivity contribution is 5.98. The van der Waals surface area contributed by atoms with Crippen LogP contribution in [-0.2, 0) is 4.79 Å². The first kappa shape index (κ1) is 19.0. The molecule has 4 rings (SSSR count). The van der Waals surface area contributed by atoms with Gasteiger partial charge in [-0.25, -0.2) is 0 Å². The highest BCUT2D eigenvalue weighted by Crippen LogP contribution is 2.41. The van der Waals surface area contributed by atoms with Crippen LogP contribution in [0.15, 0.2) is 29.1 Å². The summed E-state index contributed by atoms with van der Waals surface area (Å²) in [6.45, 7) is 3.77. The van der Waals surface area contributed by atoms with Gasteiger partial charge in [0.2, 0.25) is 11.9 Å². The van der Waals surface area contributed by atoms with Crippen LogP contribution in [0.2, 0.25) is 0 Å². The van der Waals surface area contributed by atoms with Crippen molar-refractivity contribution >= 4 is 17.7 Å². The number of amides is 1. The lowest BCUT2D eigenvalue weighted by Crippen LogP contribution is -2.41. The number of rotatable bonds is 3. The van der Waals surface area contributed by atoms with Gasteiger partial charge in [0.15, 0.2) is 0 Å². The number of nitrogens with one attached hydrogen (secondary N) is 2. The number of carbonyl (C=O) groups excluding carboxylic acids is 1. The molecular weight excluding hydrogens is 370 g/mol. The Morgan fingerprint density at radius 3 is 2.83 bits per heavy atom. The topological polar surface area (TPSA) is 111 Å². The molecule has 3 heterocycles. The van der Waals surface area contributed by atoms with Crippen LogP contribution in [0.25, 0.3) is 0 Å². The van der Waals surface area contributed by atoms with Gasteiger partial charge in [0.05, 0.1) is 18.7 Å². The summed E-state index contributed by atoms with van der Waals surface area (Å²) in [5.41, 5.74) is 0.554. The summed E-state index contributed by atoms with van der Waals surface area (Å²) in [5.74, 6) is -0.583. The molecule has 0 saturated carbocycles. The second-order valence-corrected chi connectivity index (χ2v) is 7.66. The van der Waals surface area contributed by atoms with Gasteiger partial charge in [0.1, 0.15) is 17.5 Å². The van der Waals surface area contributed by atoms with Gasteiger partial charge < -0.3 is 15.0 Å². The van der Waals surface area contributed by atoms with Gasteiger partial charge in [-0.15, -0.1) is 0 Å². The Morgan fingerprint density at radius 1 is 1.31 bits per heavy atom. The number of aromatic amines is 1. The van der Waals surface area contributed by atoms with Crippen LogP contribution in [0, 0.1) is 23.2 Å². The molecule has 0 radical (unpaired) electrons. The Labute approximate surface area is 168 Å². The number of benzene rings is 1. The number of carbonyl (C=O) groups is 1. The van der Waals surface area contributed by atoms with Crippen molar-refractivity contribution in [3.63, 3.8) is 0 Å². The van der Waals surface area contributed by atoms with Crippen molar-refractivity contribution in [2.45, 2.75) is 25.7 Å². The van der Waals surface area contributed by atoms with Crippen molar-refractivity contribution in [3.8, 4) is 11.8 Å². The number of anilines is 2. The molecule has 0 aliphatic carbocycles. The van der Waals surface area contributed by atoms with Crippen LogP contribution in [0.1, 0.15) is 36.8 Å². The Kier molecular flexibility index (Phi) is 4.97. The number of fused-ring (bicyclic) bond motifs is 1. The summed E-state index contributed by atoms with van der Waals surface area (Å²) in [4.78, 5) is 35.3. The first-order valence-electron chi connectivity index (χ1n) is 9.76. The average Bonchev–Trinajstić information content (AvgIpc) is 2.72. The van der Waals surface area contributed by atoms with Crippen LogP contribution in [-0.4, -0.2) is 36.1 Å². The zero-order valence-electron chi connectivity index (χ0n) is 16.4. The van der Waals surface area contributed by atoms with Crippen molar-refractivity contribution < 1.29 is 9.53 Å². The van der Waals surface area contributed by atoms with Gasteiger partial charge in [-0.2, -0.15) is 10.2 Å². The molecule has 2 aromatic rings. The predicted octanol–water partition coefficient (Wildman–Crippen LogP) is 2.24. The predicted molar refractivity (Wildman–Crippen MR) is 108 cm³/mol. The van der Waals surface area contributed by atoms with Crippen LogP contribution >= 0.6 is 0 Å². The zero-order valence-corrected chi connectivity index (χ0v) is 16.4. The molecule has 8 heteroatoms. The fourth-order valence-electron chi connectivity index (χ4n) is 4.29. The lowest BCUT2D eigenvalue weighted by molar-refractivity contribution is -0.119. The number of para-hydroxylation sites is 1. The largest absolute Gasteiger partial charge is 0.496 e. The molecule has 0 unspecified atom stereocenters. The fourth-order valence-corrected chi connectivity index (χ4v) is 4.29. The molecule has 1 aromatic carbocycles. The average molecular weight is 393 g/mol. The summed E-state index contributed by atoms with van der Waals surface area (Å²) in [5, 5.41) is 12.3. The number of hydrogen-bond donors (Lipinski definition) is 2. The minimum Gasteiger partial charge on any atom is -0.496 e. The van der Waals surface area contributed by atoms with E-state index in [9.17, 15) is 14.9 Å². The van der Waals surface area contributed by atoms with Crippen LogP contribution in [0.5, 0.6) is 5.75 Å². The summed E-state index contributed by atoms with van der Waals surface area (Å²) in [6, 6.07) is 9.17. The molecular formula is C21H23N5O3. The molecule has 150 valence electrons. The molecule has 3 atom stereocenters. The standard InChI is InChI=1S/C21H23N5O3/c1-12-6-5-9-26(11-12)21-24-18-17(20(28)25-21)16(14(10-22)19(27)23-18)13-7-3-4-8-15(13)29-2/h3-4,7-8,12,14,16H,5-6,9,11H2,1-2H3,(H2,23,24,25,27,28)/t12-,14-,16-/m0/s1. The molecule has 1 saturated heterocycles.